The molecule has 0 unspecified atom stereocenters. The topological polar surface area (TPSA) is 73.6 Å². The normalized spacial score (nSPS) is 22.4. The summed E-state index contributed by atoms with van der Waals surface area (Å²) in [6, 6.07) is 6.81. The molecule has 1 fully saturated rings. The number of nitrogens with zero attached hydrogens (tertiary/aromatic N) is 3. The minimum Gasteiger partial charge on any atom is -0.380 e. The second-order valence-electron chi connectivity index (χ2n) is 6.06. The molecule has 23 heavy (non-hydrogen) atoms. The number of hydrogen-bond donors (Lipinski definition) is 0. The highest BCUT2D eigenvalue weighted by molar-refractivity contribution is 7.89. The first-order valence-electron chi connectivity index (χ1n) is 7.49. The number of likely N-dealkylation sites (N-methyl/N-ethyl adjacent to an activating group) is 2. The van der Waals surface area contributed by atoms with Gasteiger partial charge in [-0.3, -0.25) is 4.90 Å². The molecule has 0 aromatic heterocycles. The van der Waals surface area contributed by atoms with Crippen molar-refractivity contribution in [3.8, 4) is 6.07 Å². The number of methoxy groups -OCH3 is 1. The fourth-order valence-corrected chi connectivity index (χ4v) is 4.39. The van der Waals surface area contributed by atoms with Gasteiger partial charge in [0.15, 0.2) is 0 Å². The van der Waals surface area contributed by atoms with E-state index in [-0.39, 0.29) is 17.0 Å². The van der Waals surface area contributed by atoms with Crippen molar-refractivity contribution < 1.29 is 13.2 Å². The van der Waals surface area contributed by atoms with Crippen molar-refractivity contribution in [1.82, 2.24) is 9.21 Å². The molecule has 2 atom stereocenters. The lowest BCUT2D eigenvalue weighted by Crippen LogP contribution is -2.39. The van der Waals surface area contributed by atoms with Crippen LogP contribution in [0.5, 0.6) is 0 Å². The molecule has 0 aliphatic carbocycles. The van der Waals surface area contributed by atoms with E-state index in [0.29, 0.717) is 17.7 Å². The zero-order chi connectivity index (χ0) is 17.2. The fraction of sp³-hybridized carbons (Fsp3) is 0.562. The summed E-state index contributed by atoms with van der Waals surface area (Å²) in [5.41, 5.74) is 1.05. The van der Waals surface area contributed by atoms with Crippen LogP contribution in [-0.2, 0) is 14.8 Å². The predicted molar refractivity (Wildman–Crippen MR) is 87.5 cm³/mol. The van der Waals surface area contributed by atoms with Crippen LogP contribution in [0.3, 0.4) is 0 Å². The Morgan fingerprint density at radius 1 is 1.48 bits per heavy atom. The Bertz CT molecular complexity index is 712. The van der Waals surface area contributed by atoms with Crippen LogP contribution in [0.25, 0.3) is 0 Å². The molecule has 126 valence electrons. The lowest BCUT2D eigenvalue weighted by Gasteiger charge is -2.25. The number of sulfonamides is 1. The lowest BCUT2D eigenvalue weighted by molar-refractivity contribution is 0.111. The maximum absolute atomic E-state index is 12.8. The molecule has 6 nitrogen and oxygen atoms in total. The van der Waals surface area contributed by atoms with Crippen LogP contribution in [0.2, 0.25) is 0 Å². The molecule has 1 heterocycles. The number of likely N-dealkylation sites (tertiary alicyclic amines) is 1. The molecular weight excluding hydrogens is 314 g/mol. The van der Waals surface area contributed by atoms with Gasteiger partial charge in [-0.2, -0.15) is 9.57 Å². The molecule has 0 radical (unpaired) electrons. The molecular formula is C16H23N3O3S. The number of rotatable bonds is 5. The average molecular weight is 337 g/mol. The summed E-state index contributed by atoms with van der Waals surface area (Å²) in [6.07, 6.45) is 0.969. The fourth-order valence-electron chi connectivity index (χ4n) is 2.98. The van der Waals surface area contributed by atoms with E-state index in [0.717, 1.165) is 13.0 Å². The SMILES string of the molecule is CO[C@H]1C[C@@H](CN(C)S(=O)(=O)c2ccc(C#N)cc2C)N(C)C1. The zero-order valence-electron chi connectivity index (χ0n) is 14.0. The molecule has 1 aromatic carbocycles. The van der Waals surface area contributed by atoms with E-state index < -0.39 is 10.0 Å². The number of ether oxygens (including phenoxy) is 1. The van der Waals surface area contributed by atoms with Crippen molar-refractivity contribution in [2.24, 2.45) is 0 Å². The van der Waals surface area contributed by atoms with Crippen molar-refractivity contribution in [1.29, 1.82) is 5.26 Å². The second-order valence-corrected chi connectivity index (χ2v) is 8.08. The van der Waals surface area contributed by atoms with E-state index in [1.54, 1.807) is 27.1 Å². The van der Waals surface area contributed by atoms with Crippen molar-refractivity contribution in [3.05, 3.63) is 29.3 Å². The van der Waals surface area contributed by atoms with Crippen molar-refractivity contribution in [2.45, 2.75) is 30.4 Å². The van der Waals surface area contributed by atoms with Gasteiger partial charge >= 0.3 is 0 Å². The molecule has 0 bridgehead atoms. The maximum Gasteiger partial charge on any atom is 0.243 e. The standard InChI is InChI=1S/C16H23N3O3S/c1-12-7-13(9-17)5-6-16(12)23(20,21)19(3)10-14-8-15(22-4)11-18(14)2/h5-7,14-15H,8,10-11H2,1-4H3/t14-,15-/m0/s1. The molecule has 0 amide bonds. The molecule has 0 N–H and O–H groups in total. The highest BCUT2D eigenvalue weighted by Crippen LogP contribution is 2.23. The van der Waals surface area contributed by atoms with Crippen molar-refractivity contribution in [3.63, 3.8) is 0 Å². The highest BCUT2D eigenvalue weighted by Gasteiger charge is 2.33. The Hall–Kier alpha value is -1.46. The Morgan fingerprint density at radius 2 is 2.17 bits per heavy atom. The number of hydrogen-bond acceptors (Lipinski definition) is 5. The van der Waals surface area contributed by atoms with Crippen LogP contribution in [0, 0.1) is 18.3 Å². The minimum absolute atomic E-state index is 0.137. The molecule has 1 aliphatic rings. The number of nitriles is 1. The van der Waals surface area contributed by atoms with E-state index in [9.17, 15) is 8.42 Å². The van der Waals surface area contributed by atoms with Gasteiger partial charge in [0.05, 0.1) is 22.6 Å². The molecule has 1 aliphatic heterocycles. The van der Waals surface area contributed by atoms with Crippen LogP contribution < -0.4 is 0 Å². The third-order valence-corrected chi connectivity index (χ3v) is 6.43. The predicted octanol–water partition coefficient (Wildman–Crippen LogP) is 1.21. The van der Waals surface area contributed by atoms with Crippen LogP contribution in [-0.4, -0.2) is 64.1 Å². The molecule has 0 saturated carbocycles. The summed E-state index contributed by atoms with van der Waals surface area (Å²) in [5, 5.41) is 8.90. The molecule has 2 rings (SSSR count). The Balaban J connectivity index is 2.18. The van der Waals surface area contributed by atoms with Gasteiger partial charge in [-0.05, 0) is 44.2 Å². The molecule has 0 spiro atoms. The van der Waals surface area contributed by atoms with E-state index >= 15 is 0 Å². The largest absolute Gasteiger partial charge is 0.380 e. The number of aryl methyl sites for hydroxylation is 1. The van der Waals surface area contributed by atoms with E-state index in [2.05, 4.69) is 4.90 Å². The van der Waals surface area contributed by atoms with E-state index in [1.165, 1.54) is 16.4 Å². The Morgan fingerprint density at radius 3 is 2.70 bits per heavy atom. The Labute approximate surface area is 138 Å². The average Bonchev–Trinajstić information content (AvgIpc) is 2.87. The van der Waals surface area contributed by atoms with Gasteiger partial charge in [0.25, 0.3) is 0 Å². The summed E-state index contributed by atoms with van der Waals surface area (Å²) in [7, 11) is 1.69. The zero-order valence-corrected chi connectivity index (χ0v) is 14.8. The van der Waals surface area contributed by atoms with Crippen LogP contribution in [0.4, 0.5) is 0 Å². The van der Waals surface area contributed by atoms with Gasteiger partial charge in [-0.1, -0.05) is 0 Å². The van der Waals surface area contributed by atoms with Gasteiger partial charge < -0.3 is 4.74 Å². The van der Waals surface area contributed by atoms with Gasteiger partial charge in [-0.25, -0.2) is 8.42 Å². The second kappa shape index (κ2) is 6.97. The third kappa shape index (κ3) is 3.72. The lowest BCUT2D eigenvalue weighted by atomic mass is 10.2. The third-order valence-electron chi connectivity index (χ3n) is 4.44. The van der Waals surface area contributed by atoms with E-state index in [4.69, 9.17) is 10.00 Å². The monoisotopic (exact) mass is 337 g/mol. The maximum atomic E-state index is 12.8. The van der Waals surface area contributed by atoms with E-state index in [1.807, 2.05) is 13.1 Å². The Kier molecular flexibility index (Phi) is 5.42. The van der Waals surface area contributed by atoms with Gasteiger partial charge in [-0.15, -0.1) is 0 Å². The molecule has 7 heteroatoms. The highest BCUT2D eigenvalue weighted by atomic mass is 32.2. The smallest absolute Gasteiger partial charge is 0.243 e. The van der Waals surface area contributed by atoms with Gasteiger partial charge in [0, 0.05) is 33.3 Å². The number of benzene rings is 1. The first-order chi connectivity index (χ1) is 10.8. The quantitative estimate of drug-likeness (QED) is 0.807. The van der Waals surface area contributed by atoms with Gasteiger partial charge in [0.1, 0.15) is 0 Å². The summed E-state index contributed by atoms with van der Waals surface area (Å²) in [6.45, 7) is 2.94. The molecule has 1 saturated heterocycles. The van der Waals surface area contributed by atoms with Gasteiger partial charge in [0.2, 0.25) is 10.0 Å². The first kappa shape index (κ1) is 17.9. The van der Waals surface area contributed by atoms with Crippen LogP contribution in [0.15, 0.2) is 23.1 Å². The first-order valence-corrected chi connectivity index (χ1v) is 8.93. The molecule has 1 aromatic rings. The summed E-state index contributed by atoms with van der Waals surface area (Å²) >= 11 is 0. The van der Waals surface area contributed by atoms with Crippen LogP contribution in [0.1, 0.15) is 17.5 Å². The summed E-state index contributed by atoms with van der Waals surface area (Å²) < 4.78 is 32.3. The van der Waals surface area contributed by atoms with Crippen molar-refractivity contribution in [2.75, 3.05) is 34.3 Å². The van der Waals surface area contributed by atoms with Crippen LogP contribution >= 0.6 is 0 Å². The minimum atomic E-state index is -3.57. The summed E-state index contributed by atoms with van der Waals surface area (Å²) in [5.74, 6) is 0. The van der Waals surface area contributed by atoms with Crippen molar-refractivity contribution >= 4 is 10.0 Å². The summed E-state index contributed by atoms with van der Waals surface area (Å²) in [4.78, 5) is 2.38.